The van der Waals surface area contributed by atoms with Gasteiger partial charge in [-0.1, -0.05) is 30.1 Å². The van der Waals surface area contributed by atoms with E-state index in [2.05, 4.69) is 5.32 Å². The Morgan fingerprint density at radius 3 is 3.00 bits per heavy atom. The van der Waals surface area contributed by atoms with Crippen LogP contribution in [0.2, 0.25) is 10.0 Å². The molecule has 6 heteroatoms. The van der Waals surface area contributed by atoms with Crippen LogP contribution < -0.4 is 10.1 Å². The maximum Gasteiger partial charge on any atom is 0.261 e. The van der Waals surface area contributed by atoms with E-state index in [4.69, 9.17) is 32.7 Å². The Balaban J connectivity index is 1.91. The van der Waals surface area contributed by atoms with Crippen molar-refractivity contribution in [1.29, 1.82) is 0 Å². The van der Waals surface area contributed by atoms with Crippen molar-refractivity contribution in [3.05, 3.63) is 28.2 Å². The van der Waals surface area contributed by atoms with Crippen LogP contribution in [0.1, 0.15) is 26.2 Å². The largest absolute Gasteiger partial charge is 0.479 e. The fraction of sp³-hybridized carbons (Fsp3) is 0.533. The first kappa shape index (κ1) is 16.4. The van der Waals surface area contributed by atoms with E-state index in [9.17, 15) is 4.79 Å². The Hall–Kier alpha value is -0.970. The van der Waals surface area contributed by atoms with Crippen LogP contribution in [0.15, 0.2) is 18.2 Å². The minimum atomic E-state index is -0.595. The number of benzene rings is 1. The summed E-state index contributed by atoms with van der Waals surface area (Å²) in [5, 5.41) is 3.82. The summed E-state index contributed by atoms with van der Waals surface area (Å²) in [5.74, 6) is 0.257. The summed E-state index contributed by atoms with van der Waals surface area (Å²) in [6.07, 6.45) is 2.09. The number of hydrogen-bond acceptors (Lipinski definition) is 3. The lowest BCUT2D eigenvalue weighted by Crippen LogP contribution is -2.41. The molecule has 2 unspecified atom stereocenters. The lowest BCUT2D eigenvalue weighted by molar-refractivity contribution is -0.128. The Morgan fingerprint density at radius 1 is 1.52 bits per heavy atom. The molecule has 1 amide bonds. The molecule has 0 bridgehead atoms. The van der Waals surface area contributed by atoms with Crippen molar-refractivity contribution in [3.8, 4) is 5.75 Å². The third-order valence-electron chi connectivity index (χ3n) is 3.35. The lowest BCUT2D eigenvalue weighted by Gasteiger charge is -2.19. The van der Waals surface area contributed by atoms with Crippen molar-refractivity contribution in [1.82, 2.24) is 5.32 Å². The molecule has 2 atom stereocenters. The predicted octanol–water partition coefficient (Wildman–Crippen LogP) is 3.45. The molecule has 1 fully saturated rings. The lowest BCUT2D eigenvalue weighted by atomic mass is 10.2. The molecule has 1 heterocycles. The molecule has 1 aliphatic rings. The van der Waals surface area contributed by atoms with Gasteiger partial charge in [-0.3, -0.25) is 4.79 Å². The van der Waals surface area contributed by atoms with E-state index >= 15 is 0 Å². The second-order valence-corrected chi connectivity index (χ2v) is 5.81. The predicted molar refractivity (Wildman–Crippen MR) is 83.2 cm³/mol. The number of nitrogens with one attached hydrogen (secondary N) is 1. The smallest absolute Gasteiger partial charge is 0.261 e. The van der Waals surface area contributed by atoms with Gasteiger partial charge in [0.15, 0.2) is 6.10 Å². The van der Waals surface area contributed by atoms with Gasteiger partial charge in [0.1, 0.15) is 5.75 Å². The summed E-state index contributed by atoms with van der Waals surface area (Å²) in [7, 11) is 0. The molecule has 1 N–H and O–H groups in total. The SMILES string of the molecule is CCC(Oc1cc(Cl)ccc1Cl)C(=O)NCC1CCCO1. The summed E-state index contributed by atoms with van der Waals surface area (Å²) in [4.78, 5) is 12.2. The molecule has 116 valence electrons. The van der Waals surface area contributed by atoms with Crippen LogP contribution in [0.4, 0.5) is 0 Å². The second kappa shape index (κ2) is 7.87. The van der Waals surface area contributed by atoms with Gasteiger partial charge in [0.25, 0.3) is 5.91 Å². The molecule has 1 saturated heterocycles. The van der Waals surface area contributed by atoms with Gasteiger partial charge in [0, 0.05) is 24.2 Å². The van der Waals surface area contributed by atoms with E-state index in [0.29, 0.717) is 28.8 Å². The fourth-order valence-electron chi connectivity index (χ4n) is 2.18. The number of hydrogen-bond donors (Lipinski definition) is 1. The highest BCUT2D eigenvalue weighted by Gasteiger charge is 2.22. The number of carbonyl (C=O) groups excluding carboxylic acids is 1. The molecule has 4 nitrogen and oxygen atoms in total. The van der Waals surface area contributed by atoms with Gasteiger partial charge in [0.2, 0.25) is 0 Å². The molecular formula is C15H19Cl2NO3. The topological polar surface area (TPSA) is 47.6 Å². The summed E-state index contributed by atoms with van der Waals surface area (Å²) >= 11 is 12.0. The van der Waals surface area contributed by atoms with Crippen LogP contribution in [-0.2, 0) is 9.53 Å². The fourth-order valence-corrected chi connectivity index (χ4v) is 2.50. The van der Waals surface area contributed by atoms with E-state index < -0.39 is 6.10 Å². The van der Waals surface area contributed by atoms with Crippen molar-refractivity contribution in [2.45, 2.75) is 38.4 Å². The van der Waals surface area contributed by atoms with Crippen molar-refractivity contribution < 1.29 is 14.3 Å². The Bertz CT molecular complexity index is 490. The van der Waals surface area contributed by atoms with Gasteiger partial charge in [-0.05, 0) is 31.4 Å². The highest BCUT2D eigenvalue weighted by Crippen LogP contribution is 2.29. The summed E-state index contributed by atoms with van der Waals surface area (Å²) in [5.41, 5.74) is 0. The quantitative estimate of drug-likeness (QED) is 0.868. The van der Waals surface area contributed by atoms with E-state index in [1.54, 1.807) is 18.2 Å². The zero-order valence-corrected chi connectivity index (χ0v) is 13.4. The van der Waals surface area contributed by atoms with Gasteiger partial charge in [-0.15, -0.1) is 0 Å². The maximum atomic E-state index is 12.2. The Kier molecular flexibility index (Phi) is 6.15. The van der Waals surface area contributed by atoms with Crippen molar-refractivity contribution in [2.24, 2.45) is 0 Å². The van der Waals surface area contributed by atoms with E-state index in [1.807, 2.05) is 6.92 Å². The number of carbonyl (C=O) groups is 1. The minimum absolute atomic E-state index is 0.112. The minimum Gasteiger partial charge on any atom is -0.479 e. The molecule has 1 aromatic carbocycles. The molecule has 0 radical (unpaired) electrons. The maximum absolute atomic E-state index is 12.2. The van der Waals surface area contributed by atoms with E-state index in [-0.39, 0.29) is 12.0 Å². The van der Waals surface area contributed by atoms with E-state index in [0.717, 1.165) is 19.4 Å². The molecule has 0 aromatic heterocycles. The van der Waals surface area contributed by atoms with Crippen molar-refractivity contribution in [3.63, 3.8) is 0 Å². The Morgan fingerprint density at radius 2 is 2.33 bits per heavy atom. The van der Waals surface area contributed by atoms with Crippen LogP contribution in [0.5, 0.6) is 5.75 Å². The first-order valence-corrected chi connectivity index (χ1v) is 7.86. The van der Waals surface area contributed by atoms with Crippen LogP contribution in [0.3, 0.4) is 0 Å². The molecule has 21 heavy (non-hydrogen) atoms. The average molecular weight is 332 g/mol. The van der Waals surface area contributed by atoms with Gasteiger partial charge < -0.3 is 14.8 Å². The molecule has 1 aliphatic heterocycles. The normalized spacial score (nSPS) is 19.3. The summed E-state index contributed by atoms with van der Waals surface area (Å²) in [6, 6.07) is 4.94. The zero-order chi connectivity index (χ0) is 15.2. The number of ether oxygens (including phenoxy) is 2. The van der Waals surface area contributed by atoms with Crippen LogP contribution >= 0.6 is 23.2 Å². The number of amides is 1. The van der Waals surface area contributed by atoms with Gasteiger partial charge >= 0.3 is 0 Å². The molecule has 1 aromatic rings. The molecular weight excluding hydrogens is 313 g/mol. The zero-order valence-electron chi connectivity index (χ0n) is 11.9. The van der Waals surface area contributed by atoms with Crippen LogP contribution in [-0.4, -0.2) is 31.3 Å². The second-order valence-electron chi connectivity index (χ2n) is 4.97. The Labute approximate surface area is 134 Å². The molecule has 0 spiro atoms. The van der Waals surface area contributed by atoms with Gasteiger partial charge in [-0.25, -0.2) is 0 Å². The highest BCUT2D eigenvalue weighted by atomic mass is 35.5. The van der Waals surface area contributed by atoms with E-state index in [1.165, 1.54) is 0 Å². The van der Waals surface area contributed by atoms with Crippen LogP contribution in [0, 0.1) is 0 Å². The molecule has 0 saturated carbocycles. The average Bonchev–Trinajstić information content (AvgIpc) is 2.99. The highest BCUT2D eigenvalue weighted by molar-refractivity contribution is 6.34. The monoisotopic (exact) mass is 331 g/mol. The summed E-state index contributed by atoms with van der Waals surface area (Å²) < 4.78 is 11.2. The molecule has 0 aliphatic carbocycles. The van der Waals surface area contributed by atoms with Gasteiger partial charge in [-0.2, -0.15) is 0 Å². The molecule has 2 rings (SSSR count). The first-order valence-electron chi connectivity index (χ1n) is 7.11. The number of rotatable bonds is 6. The van der Waals surface area contributed by atoms with Crippen molar-refractivity contribution in [2.75, 3.05) is 13.2 Å². The van der Waals surface area contributed by atoms with Crippen LogP contribution in [0.25, 0.3) is 0 Å². The standard InChI is InChI=1S/C15H19Cl2NO3/c1-2-13(15(19)18-9-11-4-3-7-20-11)21-14-8-10(16)5-6-12(14)17/h5-6,8,11,13H,2-4,7,9H2,1H3,(H,18,19). The third kappa shape index (κ3) is 4.77. The van der Waals surface area contributed by atoms with Gasteiger partial charge in [0.05, 0.1) is 11.1 Å². The van der Waals surface area contributed by atoms with Crippen molar-refractivity contribution >= 4 is 29.1 Å². The number of halogens is 2. The third-order valence-corrected chi connectivity index (χ3v) is 3.90. The summed E-state index contributed by atoms with van der Waals surface area (Å²) in [6.45, 7) is 3.17. The first-order chi connectivity index (χ1) is 10.1.